The second kappa shape index (κ2) is 52.0. The average Bonchev–Trinajstić information content (AvgIpc) is 1.69. The summed E-state index contributed by atoms with van der Waals surface area (Å²) in [5.41, 5.74) is 0. The fourth-order valence-electron chi connectivity index (χ4n) is 11.7. The van der Waals surface area contributed by atoms with Crippen LogP contribution >= 0.6 is 15.9 Å². The lowest BCUT2D eigenvalue weighted by Gasteiger charge is -2.47. The van der Waals surface area contributed by atoms with Gasteiger partial charge < -0.3 is 53.7 Å². The number of allylic oxidation sites excluding steroid dienone is 2. The number of hydrogen-bond donors (Lipinski definition) is 5. The molecule has 2 saturated heterocycles. The zero-order valence-electron chi connectivity index (χ0n) is 55.3. The van der Waals surface area contributed by atoms with E-state index in [0.717, 1.165) is 116 Å². The van der Waals surface area contributed by atoms with Crippen LogP contribution in [0.5, 0.6) is 0 Å². The topological polar surface area (TPSA) is 235 Å². The molecule has 0 saturated carbocycles. The number of Topliss-reactive ketones (excluding diaryl/α,β-unsaturated/α-hetero) is 1. The maximum absolute atomic E-state index is 14.1. The third kappa shape index (κ3) is 39.0. The SMILES string of the molecule is CCCCCC/C=C\CCCCCCCCCC(=O)N[C@H]1[C@H](OC[C@H]2O[C@H](OP(C)(=O)O)[C@H](NC(=O)CC(=O)CCCCCCCCCCC)[C@@H](OCCCCCCCCCC)[C@@H]2O)O[C@H](CC)[C@@H](O[PH](=O)O)[C@@H]1OCC[C@H](C)CCCCCCC. The number of aliphatic hydroxyl groups excluding tert-OH is 1. The monoisotopic (exact) mass is 1260 g/mol. The minimum absolute atomic E-state index is 0.185. The number of ether oxygens (including phenoxy) is 5. The molecule has 5 N–H and O–H groups in total. The lowest BCUT2D eigenvalue weighted by molar-refractivity contribution is -0.296. The number of carbonyl (C=O) groups is 3. The molecule has 0 bridgehead atoms. The first-order valence-electron chi connectivity index (χ1n) is 35.1. The van der Waals surface area contributed by atoms with Crippen LogP contribution in [-0.4, -0.2) is 120 Å². The Morgan fingerprint density at radius 3 is 1.53 bits per heavy atom. The van der Waals surface area contributed by atoms with Gasteiger partial charge >= 0.3 is 15.9 Å². The lowest BCUT2D eigenvalue weighted by atomic mass is 9.94. The predicted octanol–water partition coefficient (Wildman–Crippen LogP) is 16.0. The molecule has 17 nitrogen and oxygen atoms in total. The summed E-state index contributed by atoms with van der Waals surface area (Å²) in [5.74, 6) is -0.848. The van der Waals surface area contributed by atoms with E-state index in [-0.39, 0.29) is 37.7 Å². The van der Waals surface area contributed by atoms with E-state index in [0.29, 0.717) is 38.0 Å². The van der Waals surface area contributed by atoms with Gasteiger partial charge in [-0.2, -0.15) is 0 Å². The van der Waals surface area contributed by atoms with Crippen LogP contribution in [0.3, 0.4) is 0 Å². The van der Waals surface area contributed by atoms with Crippen LogP contribution in [0.1, 0.15) is 305 Å². The maximum atomic E-state index is 14.1. The van der Waals surface area contributed by atoms with Gasteiger partial charge in [-0.15, -0.1) is 0 Å². The first-order valence-corrected chi connectivity index (χ1v) is 38.3. The first-order chi connectivity index (χ1) is 41.6. The van der Waals surface area contributed by atoms with E-state index in [1.54, 1.807) is 0 Å². The van der Waals surface area contributed by atoms with Crippen molar-refractivity contribution in [1.82, 2.24) is 10.6 Å². The molecule has 2 aliphatic rings. The Labute approximate surface area is 523 Å². The van der Waals surface area contributed by atoms with Crippen molar-refractivity contribution in [2.24, 2.45) is 5.92 Å². The van der Waals surface area contributed by atoms with Crippen molar-refractivity contribution >= 4 is 33.4 Å². The molecule has 2 unspecified atom stereocenters. The molecule has 0 spiro atoms. The van der Waals surface area contributed by atoms with Crippen molar-refractivity contribution in [3.05, 3.63) is 12.2 Å². The molecule has 2 rings (SSSR count). The van der Waals surface area contributed by atoms with Crippen molar-refractivity contribution in [2.75, 3.05) is 26.5 Å². The zero-order chi connectivity index (χ0) is 63.1. The summed E-state index contributed by atoms with van der Waals surface area (Å²) in [5, 5.41) is 18.2. The summed E-state index contributed by atoms with van der Waals surface area (Å²) < 4.78 is 69.6. The Bertz CT molecular complexity index is 1790. The molecular formula is C67H128N2O15P2. The van der Waals surface area contributed by atoms with Crippen LogP contribution < -0.4 is 10.6 Å². The van der Waals surface area contributed by atoms with Gasteiger partial charge in [0.15, 0.2) is 12.6 Å². The quantitative estimate of drug-likeness (QED) is 0.0165. The van der Waals surface area contributed by atoms with Gasteiger partial charge in [-0.05, 0) is 63.7 Å². The van der Waals surface area contributed by atoms with Crippen LogP contribution in [0.25, 0.3) is 0 Å². The smallest absolute Gasteiger partial charge is 0.327 e. The molecule has 86 heavy (non-hydrogen) atoms. The third-order valence-electron chi connectivity index (χ3n) is 17.0. The first kappa shape index (κ1) is 80.5. The molecule has 2 amide bonds. The predicted molar refractivity (Wildman–Crippen MR) is 347 cm³/mol. The van der Waals surface area contributed by atoms with Crippen molar-refractivity contribution < 1.29 is 71.1 Å². The number of amides is 2. The molecule has 2 aliphatic heterocycles. The molecule has 19 heteroatoms. The molecule has 0 aromatic heterocycles. The van der Waals surface area contributed by atoms with E-state index < -0.39 is 96.1 Å². The molecule has 506 valence electrons. The van der Waals surface area contributed by atoms with E-state index in [1.807, 2.05) is 6.92 Å². The number of hydrogen-bond acceptors (Lipinski definition) is 13. The molecule has 0 aromatic carbocycles. The summed E-state index contributed by atoms with van der Waals surface area (Å²) in [6.45, 7) is 13.9. The fourth-order valence-corrected chi connectivity index (χ4v) is 12.8. The normalized spacial score (nSPS) is 24.0. The highest BCUT2D eigenvalue weighted by Crippen LogP contribution is 2.42. The van der Waals surface area contributed by atoms with Crippen LogP contribution in [0, 0.1) is 5.92 Å². The highest BCUT2D eigenvalue weighted by Gasteiger charge is 2.52. The highest BCUT2D eigenvalue weighted by atomic mass is 31.2. The molecule has 2 fully saturated rings. The molecule has 0 aliphatic carbocycles. The van der Waals surface area contributed by atoms with Crippen molar-refractivity contribution in [1.29, 1.82) is 0 Å². The third-order valence-corrected chi connectivity index (χ3v) is 18.0. The molecule has 0 aromatic rings. The number of ketones is 1. The lowest BCUT2D eigenvalue weighted by Crippen LogP contribution is -2.67. The van der Waals surface area contributed by atoms with Gasteiger partial charge in [0, 0.05) is 32.7 Å². The van der Waals surface area contributed by atoms with Gasteiger partial charge in [0.25, 0.3) is 0 Å². The van der Waals surface area contributed by atoms with E-state index in [2.05, 4.69) is 57.4 Å². The molecule has 13 atom stereocenters. The van der Waals surface area contributed by atoms with E-state index in [4.69, 9.17) is 32.7 Å². The summed E-state index contributed by atoms with van der Waals surface area (Å²) in [4.78, 5) is 61.9. The van der Waals surface area contributed by atoms with Gasteiger partial charge in [-0.1, -0.05) is 240 Å². The summed E-state index contributed by atoms with van der Waals surface area (Å²) in [6.07, 6.45) is 35.3. The minimum atomic E-state index is -4.34. The fraction of sp³-hybridized carbons (Fsp3) is 0.925. The average molecular weight is 1260 g/mol. The molecule has 0 radical (unpaired) electrons. The zero-order valence-corrected chi connectivity index (χ0v) is 57.2. The number of unbranched alkanes of at least 4 members (excludes halogenated alkanes) is 30. The highest BCUT2D eigenvalue weighted by molar-refractivity contribution is 7.51. The number of nitrogens with one attached hydrogen (secondary N) is 2. The van der Waals surface area contributed by atoms with Crippen LogP contribution in [0.15, 0.2) is 12.2 Å². The van der Waals surface area contributed by atoms with E-state index in [1.165, 1.54) is 103 Å². The van der Waals surface area contributed by atoms with Gasteiger partial charge in [0.2, 0.25) is 11.8 Å². The van der Waals surface area contributed by atoms with Gasteiger partial charge in [-0.3, -0.25) is 28.0 Å². The molecular weight excluding hydrogens is 1130 g/mol. The Hall–Kier alpha value is -1.59. The van der Waals surface area contributed by atoms with Gasteiger partial charge in [0.1, 0.15) is 48.4 Å². The van der Waals surface area contributed by atoms with Crippen molar-refractivity contribution in [3.63, 3.8) is 0 Å². The molecule has 2 heterocycles. The second-order valence-electron chi connectivity index (χ2n) is 25.1. The summed E-state index contributed by atoms with van der Waals surface area (Å²) >= 11 is 0. The Balaban J connectivity index is 2.37. The standard InChI is InChI=1S/C67H128N2O15P2/c1-8-13-17-21-24-27-28-29-30-31-32-34-36-40-44-48-58(71)68-61-65(79-51-49-54(6)46-42-38-20-16-11-4)63(83-85(74)75)56(12-5)81-66(61)80-53-57-62(73)64(78-50-45-41-37-26-23-19-15-10-3)60(67(82-57)84-86(7,76)77)69-59(72)52-55(70)47-43-39-35-33-25-22-18-14-9-2/h27-28,54,56-57,60-67,73,85H,8-26,29-53H2,1-7H3,(H,68,71)(H,69,72)(H,74,75)(H,76,77)/b28-27-/t54-,56-,57-,60-,61-,62-,63-,64-,65-,66-,67-/m1/s1. The Morgan fingerprint density at radius 1 is 0.547 bits per heavy atom. The second-order valence-corrected chi connectivity index (χ2v) is 27.7. The Kier molecular flexibility index (Phi) is 48.6. The van der Waals surface area contributed by atoms with Gasteiger partial charge in [0.05, 0.1) is 19.1 Å². The largest absolute Gasteiger partial charge is 0.388 e. The van der Waals surface area contributed by atoms with Crippen LogP contribution in [0.4, 0.5) is 0 Å². The van der Waals surface area contributed by atoms with Gasteiger partial charge in [-0.25, -0.2) is 0 Å². The number of carbonyl (C=O) groups excluding carboxylic acids is 3. The summed E-state index contributed by atoms with van der Waals surface area (Å²) in [6, 6.07) is -2.36. The number of rotatable bonds is 57. The maximum Gasteiger partial charge on any atom is 0.327 e. The van der Waals surface area contributed by atoms with E-state index in [9.17, 15) is 38.4 Å². The summed E-state index contributed by atoms with van der Waals surface area (Å²) in [7, 11) is -7.86. The van der Waals surface area contributed by atoms with Crippen LogP contribution in [0.2, 0.25) is 0 Å². The minimum Gasteiger partial charge on any atom is -0.388 e. The van der Waals surface area contributed by atoms with Crippen molar-refractivity contribution in [3.8, 4) is 0 Å². The van der Waals surface area contributed by atoms with Crippen molar-refractivity contribution in [2.45, 2.75) is 366 Å². The number of aliphatic hydroxyl groups is 1. The van der Waals surface area contributed by atoms with Crippen LogP contribution in [-0.2, 0) is 56.2 Å². The Morgan fingerprint density at radius 2 is 1.00 bits per heavy atom. The van der Waals surface area contributed by atoms with E-state index >= 15 is 0 Å².